The highest BCUT2D eigenvalue weighted by Gasteiger charge is 2.08. The van der Waals surface area contributed by atoms with Crippen LogP contribution < -0.4 is 9.64 Å². The molecule has 0 amide bonds. The van der Waals surface area contributed by atoms with E-state index in [1.165, 1.54) is 0 Å². The first-order valence-corrected chi connectivity index (χ1v) is 6.47. The van der Waals surface area contributed by atoms with Crippen molar-refractivity contribution in [3.05, 3.63) is 42.0 Å². The Bertz CT molecular complexity index is 627. The maximum atomic E-state index is 9.09. The highest BCUT2D eigenvalue weighted by atomic mass is 16.5. The normalized spacial score (nSPS) is 9.90. The summed E-state index contributed by atoms with van der Waals surface area (Å²) in [6.07, 6.45) is 0. The zero-order valence-electron chi connectivity index (χ0n) is 11.9. The van der Waals surface area contributed by atoms with Crippen molar-refractivity contribution in [3.8, 4) is 23.1 Å². The Hall–Kier alpha value is -2.54. The molecule has 0 saturated heterocycles. The van der Waals surface area contributed by atoms with Gasteiger partial charge < -0.3 is 9.64 Å². The maximum Gasteiger partial charge on any atom is 0.146 e. The lowest BCUT2D eigenvalue weighted by Gasteiger charge is -2.14. The first kappa shape index (κ1) is 13.9. The van der Waals surface area contributed by atoms with Crippen molar-refractivity contribution in [1.29, 1.82) is 5.26 Å². The van der Waals surface area contributed by atoms with E-state index in [9.17, 15) is 0 Å². The molecule has 1 aromatic carbocycles. The molecule has 0 N–H and O–H groups in total. The number of ether oxygens (including phenoxy) is 1. The first-order chi connectivity index (χ1) is 9.65. The fraction of sp³-hybridized carbons (Fsp3) is 0.250. The maximum absolute atomic E-state index is 9.09. The van der Waals surface area contributed by atoms with Gasteiger partial charge in [0.2, 0.25) is 0 Å². The zero-order chi connectivity index (χ0) is 14.5. The van der Waals surface area contributed by atoms with Crippen molar-refractivity contribution in [2.24, 2.45) is 0 Å². The van der Waals surface area contributed by atoms with E-state index in [1.54, 1.807) is 6.07 Å². The van der Waals surface area contributed by atoms with Gasteiger partial charge in [-0.15, -0.1) is 0 Å². The second-order valence-corrected chi connectivity index (χ2v) is 4.53. The highest BCUT2D eigenvalue weighted by Crippen LogP contribution is 2.24. The minimum absolute atomic E-state index is 0.574. The monoisotopic (exact) mass is 267 g/mol. The smallest absolute Gasteiger partial charge is 0.146 e. The number of rotatable bonds is 4. The van der Waals surface area contributed by atoms with Gasteiger partial charge in [-0.05, 0) is 43.3 Å². The van der Waals surface area contributed by atoms with Crippen LogP contribution in [0.2, 0.25) is 0 Å². The molecular weight excluding hydrogens is 250 g/mol. The topological polar surface area (TPSA) is 49.1 Å². The van der Waals surface area contributed by atoms with Crippen LogP contribution in [0.3, 0.4) is 0 Å². The molecule has 0 aliphatic heterocycles. The van der Waals surface area contributed by atoms with Crippen molar-refractivity contribution in [3.63, 3.8) is 0 Å². The molecule has 102 valence electrons. The fourth-order valence-electron chi connectivity index (χ4n) is 1.93. The van der Waals surface area contributed by atoms with Gasteiger partial charge in [0, 0.05) is 19.7 Å². The van der Waals surface area contributed by atoms with E-state index in [1.807, 2.05) is 56.3 Å². The Morgan fingerprint density at radius 3 is 2.40 bits per heavy atom. The molecule has 20 heavy (non-hydrogen) atoms. The second kappa shape index (κ2) is 6.07. The van der Waals surface area contributed by atoms with Crippen LogP contribution in [0.5, 0.6) is 5.75 Å². The van der Waals surface area contributed by atoms with E-state index >= 15 is 0 Å². The van der Waals surface area contributed by atoms with Gasteiger partial charge in [0.1, 0.15) is 17.6 Å². The van der Waals surface area contributed by atoms with Gasteiger partial charge in [0.05, 0.1) is 17.9 Å². The number of benzene rings is 1. The molecule has 0 unspecified atom stereocenters. The quantitative estimate of drug-likeness (QED) is 0.854. The molecule has 0 bridgehead atoms. The second-order valence-electron chi connectivity index (χ2n) is 4.53. The van der Waals surface area contributed by atoms with Crippen LogP contribution in [0.1, 0.15) is 12.5 Å². The van der Waals surface area contributed by atoms with Gasteiger partial charge in [-0.2, -0.15) is 5.26 Å². The average Bonchev–Trinajstić information content (AvgIpc) is 2.47. The predicted octanol–water partition coefficient (Wildman–Crippen LogP) is 3.08. The fourth-order valence-corrected chi connectivity index (χ4v) is 1.93. The molecule has 0 saturated carbocycles. The van der Waals surface area contributed by atoms with Crippen molar-refractivity contribution < 1.29 is 4.74 Å². The lowest BCUT2D eigenvalue weighted by molar-refractivity contribution is 0.340. The van der Waals surface area contributed by atoms with Crippen LogP contribution in [0.25, 0.3) is 11.3 Å². The van der Waals surface area contributed by atoms with Crippen molar-refractivity contribution in [2.75, 3.05) is 25.6 Å². The largest absolute Gasteiger partial charge is 0.494 e. The number of nitrogens with zero attached hydrogens (tertiary/aromatic N) is 3. The summed E-state index contributed by atoms with van der Waals surface area (Å²) < 4.78 is 5.42. The first-order valence-electron chi connectivity index (χ1n) is 6.47. The van der Waals surface area contributed by atoms with Crippen LogP contribution in [-0.4, -0.2) is 25.7 Å². The van der Waals surface area contributed by atoms with E-state index in [4.69, 9.17) is 10.00 Å². The molecular formula is C16H17N3O. The number of hydrogen-bond donors (Lipinski definition) is 0. The summed E-state index contributed by atoms with van der Waals surface area (Å²) in [7, 11) is 3.76. The van der Waals surface area contributed by atoms with E-state index in [0.717, 1.165) is 17.0 Å². The molecule has 2 rings (SSSR count). The molecule has 1 aromatic heterocycles. The molecule has 2 aromatic rings. The Kier molecular flexibility index (Phi) is 4.21. The van der Waals surface area contributed by atoms with Gasteiger partial charge in [0.15, 0.2) is 0 Å². The number of pyridine rings is 1. The Morgan fingerprint density at radius 2 is 1.85 bits per heavy atom. The minimum atomic E-state index is 0.574. The van der Waals surface area contributed by atoms with Crippen molar-refractivity contribution in [2.45, 2.75) is 6.92 Å². The minimum Gasteiger partial charge on any atom is -0.494 e. The number of nitriles is 1. The van der Waals surface area contributed by atoms with Gasteiger partial charge in [0.25, 0.3) is 0 Å². The van der Waals surface area contributed by atoms with Gasteiger partial charge in [-0.1, -0.05) is 0 Å². The summed E-state index contributed by atoms with van der Waals surface area (Å²) in [6, 6.07) is 13.6. The molecule has 1 heterocycles. The highest BCUT2D eigenvalue weighted by molar-refractivity contribution is 5.65. The van der Waals surface area contributed by atoms with E-state index in [2.05, 4.69) is 11.1 Å². The predicted molar refractivity (Wildman–Crippen MR) is 79.9 cm³/mol. The molecule has 0 aliphatic carbocycles. The molecule has 4 nitrogen and oxygen atoms in total. The summed E-state index contributed by atoms with van der Waals surface area (Å²) in [4.78, 5) is 6.40. The third kappa shape index (κ3) is 2.89. The van der Waals surface area contributed by atoms with Crippen LogP contribution in [0.4, 0.5) is 5.82 Å². The lowest BCUT2D eigenvalue weighted by Crippen LogP contribution is -2.12. The zero-order valence-corrected chi connectivity index (χ0v) is 11.9. The number of anilines is 1. The molecule has 0 spiro atoms. The molecule has 4 heteroatoms. The summed E-state index contributed by atoms with van der Waals surface area (Å²) in [5.41, 5.74) is 2.42. The van der Waals surface area contributed by atoms with Gasteiger partial charge in [-0.25, -0.2) is 4.98 Å². The molecule has 0 radical (unpaired) electrons. The number of aromatic nitrogens is 1. The average molecular weight is 267 g/mol. The third-order valence-electron chi connectivity index (χ3n) is 2.88. The summed E-state index contributed by atoms with van der Waals surface area (Å²) in [5.74, 6) is 1.52. The summed E-state index contributed by atoms with van der Waals surface area (Å²) >= 11 is 0. The number of hydrogen-bond acceptors (Lipinski definition) is 4. The molecule has 0 aliphatic rings. The van der Waals surface area contributed by atoms with Crippen LogP contribution in [0, 0.1) is 11.3 Å². The van der Waals surface area contributed by atoms with E-state index < -0.39 is 0 Å². The Balaban J connectivity index is 2.38. The van der Waals surface area contributed by atoms with Crippen molar-refractivity contribution >= 4 is 5.82 Å². The molecule has 0 fully saturated rings. The SMILES string of the molecule is CCOc1ccc(-c2ccc(C#N)c(N(C)C)n2)cc1. The van der Waals surface area contributed by atoms with Crippen LogP contribution >= 0.6 is 0 Å². The van der Waals surface area contributed by atoms with Crippen LogP contribution in [-0.2, 0) is 0 Å². The van der Waals surface area contributed by atoms with Gasteiger partial charge in [-0.3, -0.25) is 0 Å². The summed E-state index contributed by atoms with van der Waals surface area (Å²) in [5, 5.41) is 9.09. The summed E-state index contributed by atoms with van der Waals surface area (Å²) in [6.45, 7) is 2.61. The van der Waals surface area contributed by atoms with Crippen LogP contribution in [0.15, 0.2) is 36.4 Å². The Labute approximate surface area is 119 Å². The van der Waals surface area contributed by atoms with E-state index in [0.29, 0.717) is 18.0 Å². The standard InChI is InChI=1S/C16H17N3O/c1-4-20-14-8-5-12(6-9-14)15-10-7-13(11-17)16(18-15)19(2)3/h5-10H,4H2,1-3H3. The lowest BCUT2D eigenvalue weighted by atomic mass is 10.1. The third-order valence-corrected chi connectivity index (χ3v) is 2.88. The van der Waals surface area contributed by atoms with E-state index in [-0.39, 0.29) is 0 Å². The molecule has 0 atom stereocenters. The van der Waals surface area contributed by atoms with Crippen molar-refractivity contribution in [1.82, 2.24) is 4.98 Å². The van der Waals surface area contributed by atoms with Gasteiger partial charge >= 0.3 is 0 Å². The Morgan fingerprint density at radius 1 is 1.15 bits per heavy atom.